The molecule has 1 N–H and O–H groups in total. The van der Waals surface area contributed by atoms with Gasteiger partial charge >= 0.3 is 0 Å². The minimum absolute atomic E-state index is 0.0507. The van der Waals surface area contributed by atoms with Crippen molar-refractivity contribution in [3.05, 3.63) is 53.3 Å². The number of hydrogen-bond acceptors (Lipinski definition) is 9. The molecule has 0 spiro atoms. The van der Waals surface area contributed by atoms with Crippen LogP contribution in [0.1, 0.15) is 29.6 Å². The van der Waals surface area contributed by atoms with Crippen LogP contribution in [0.5, 0.6) is 5.88 Å². The highest BCUT2D eigenvalue weighted by Gasteiger charge is 2.44. The molecule has 3 heterocycles. The highest BCUT2D eigenvalue weighted by molar-refractivity contribution is 7.18. The van der Waals surface area contributed by atoms with Crippen LogP contribution >= 0.6 is 11.3 Å². The molecule has 0 aliphatic heterocycles. The lowest BCUT2D eigenvalue weighted by molar-refractivity contribution is -0.121. The minimum atomic E-state index is -0.710. The Balaban J connectivity index is 1.32. The summed E-state index contributed by atoms with van der Waals surface area (Å²) >= 11 is 1.55. The number of carbonyl (C=O) groups excluding carboxylic acids is 1. The molecule has 0 unspecified atom stereocenters. The lowest BCUT2D eigenvalue weighted by Crippen LogP contribution is -2.36. The van der Waals surface area contributed by atoms with Gasteiger partial charge in [-0.15, -0.1) is 21.5 Å². The highest BCUT2D eigenvalue weighted by atomic mass is 32.1. The van der Waals surface area contributed by atoms with Gasteiger partial charge in [-0.2, -0.15) is 5.26 Å². The fourth-order valence-corrected chi connectivity index (χ4v) is 4.35. The van der Waals surface area contributed by atoms with Crippen molar-refractivity contribution in [2.24, 2.45) is 0 Å². The van der Waals surface area contributed by atoms with Gasteiger partial charge in [-0.05, 0) is 25.0 Å². The van der Waals surface area contributed by atoms with Gasteiger partial charge in [0.15, 0.2) is 0 Å². The average Bonchev–Trinajstić information content (AvgIpc) is 3.23. The molecule has 160 valence electrons. The zero-order valence-electron chi connectivity index (χ0n) is 17.2. The maximum Gasteiger partial charge on any atom is 0.230 e. The number of thiazole rings is 1. The number of nitrogens with zero attached hydrogens (tertiary/aromatic N) is 5. The zero-order valence-corrected chi connectivity index (χ0v) is 18.0. The van der Waals surface area contributed by atoms with E-state index in [2.05, 4.69) is 26.6 Å². The monoisotopic (exact) mass is 446 g/mol. The summed E-state index contributed by atoms with van der Waals surface area (Å²) in [6.45, 7) is 0. The number of pyridine rings is 1. The second-order valence-corrected chi connectivity index (χ2v) is 8.65. The third-order valence-corrected chi connectivity index (χ3v) is 6.21. The van der Waals surface area contributed by atoms with Gasteiger partial charge in [-0.3, -0.25) is 4.79 Å². The van der Waals surface area contributed by atoms with Crippen LogP contribution in [0.3, 0.4) is 0 Å². The van der Waals surface area contributed by atoms with Gasteiger partial charge in [0.05, 0.1) is 29.8 Å². The fraction of sp³-hybridized carbons (Fsp3) is 0.273. The Morgan fingerprint density at radius 1 is 1.28 bits per heavy atom. The summed E-state index contributed by atoms with van der Waals surface area (Å²) in [5.74, 6) is 0.871. The molecule has 32 heavy (non-hydrogen) atoms. The number of rotatable bonds is 7. The number of aromatic nitrogens is 4. The molecule has 1 aromatic carbocycles. The van der Waals surface area contributed by atoms with Crippen LogP contribution in [0, 0.1) is 11.3 Å². The standard InChI is InChI=1S/C22H18N6O3S/c1-30-17-6-5-13(11-24-17)14-3-2-4-15-21(14)25-20(32-15)10-19-28-27-18(31-19)9-16(29)26-22(12-23)7-8-22/h2-6,11H,7-10H2,1H3,(H,26,29). The van der Waals surface area contributed by atoms with Gasteiger partial charge in [-0.1, -0.05) is 12.1 Å². The molecule has 0 atom stereocenters. The maximum absolute atomic E-state index is 12.1. The SMILES string of the molecule is COc1ccc(-c2cccc3sc(Cc4nnc(CC(=O)NC5(C#N)CC5)o4)nc23)cn1. The summed E-state index contributed by atoms with van der Waals surface area (Å²) in [6.07, 6.45) is 3.44. The molecule has 1 fully saturated rings. The smallest absolute Gasteiger partial charge is 0.230 e. The van der Waals surface area contributed by atoms with Crippen LogP contribution in [0.4, 0.5) is 0 Å². The summed E-state index contributed by atoms with van der Waals surface area (Å²) < 4.78 is 11.8. The van der Waals surface area contributed by atoms with Crippen molar-refractivity contribution >= 4 is 27.5 Å². The molecule has 0 saturated heterocycles. The van der Waals surface area contributed by atoms with E-state index in [0.717, 1.165) is 26.4 Å². The van der Waals surface area contributed by atoms with E-state index in [1.165, 1.54) is 0 Å². The fourth-order valence-electron chi connectivity index (χ4n) is 3.36. The van der Waals surface area contributed by atoms with E-state index in [0.29, 0.717) is 31.0 Å². The van der Waals surface area contributed by atoms with Gasteiger partial charge in [0, 0.05) is 23.4 Å². The van der Waals surface area contributed by atoms with Crippen molar-refractivity contribution < 1.29 is 13.9 Å². The Labute approximate surface area is 187 Å². The molecule has 9 nitrogen and oxygen atoms in total. The van der Waals surface area contributed by atoms with Crippen LogP contribution < -0.4 is 10.1 Å². The number of nitriles is 1. The molecule has 1 amide bonds. The van der Waals surface area contributed by atoms with Crippen molar-refractivity contribution in [3.8, 4) is 23.1 Å². The molecule has 3 aromatic heterocycles. The zero-order chi connectivity index (χ0) is 22.1. The first kappa shape index (κ1) is 20.1. The van der Waals surface area contributed by atoms with Gasteiger partial charge in [-0.25, -0.2) is 9.97 Å². The number of carbonyl (C=O) groups is 1. The molecule has 0 bridgehead atoms. The van der Waals surface area contributed by atoms with Crippen LogP contribution in [-0.4, -0.2) is 38.7 Å². The number of para-hydroxylation sites is 1. The van der Waals surface area contributed by atoms with Gasteiger partial charge in [0.25, 0.3) is 0 Å². The Kier molecular flexibility index (Phi) is 5.03. The molecule has 10 heteroatoms. The van der Waals surface area contributed by atoms with Crippen LogP contribution in [0.15, 0.2) is 40.9 Å². The number of nitrogens with one attached hydrogen (secondary N) is 1. The quantitative estimate of drug-likeness (QED) is 0.459. The first-order valence-corrected chi connectivity index (χ1v) is 10.8. The predicted molar refractivity (Wildman–Crippen MR) is 116 cm³/mol. The molecular weight excluding hydrogens is 428 g/mol. The van der Waals surface area contributed by atoms with Gasteiger partial charge in [0.2, 0.25) is 23.6 Å². The topological polar surface area (TPSA) is 127 Å². The van der Waals surface area contributed by atoms with Crippen molar-refractivity contribution in [3.63, 3.8) is 0 Å². The lowest BCUT2D eigenvalue weighted by atomic mass is 10.1. The van der Waals surface area contributed by atoms with E-state index < -0.39 is 5.54 Å². The van der Waals surface area contributed by atoms with E-state index in [1.807, 2.05) is 30.3 Å². The Hall–Kier alpha value is -3.84. The van der Waals surface area contributed by atoms with Crippen molar-refractivity contribution in [1.29, 1.82) is 5.26 Å². The molecule has 1 aliphatic rings. The second-order valence-electron chi connectivity index (χ2n) is 7.53. The van der Waals surface area contributed by atoms with E-state index in [4.69, 9.17) is 19.4 Å². The van der Waals surface area contributed by atoms with Gasteiger partial charge < -0.3 is 14.5 Å². The lowest BCUT2D eigenvalue weighted by Gasteiger charge is -2.06. The second kappa shape index (κ2) is 8.01. The Morgan fingerprint density at radius 2 is 2.12 bits per heavy atom. The molecule has 4 aromatic rings. The number of methoxy groups -OCH3 is 1. The van der Waals surface area contributed by atoms with Crippen LogP contribution in [-0.2, 0) is 17.6 Å². The Morgan fingerprint density at radius 3 is 2.84 bits per heavy atom. The molecule has 5 rings (SSSR count). The van der Waals surface area contributed by atoms with Crippen molar-refractivity contribution in [1.82, 2.24) is 25.5 Å². The summed E-state index contributed by atoms with van der Waals surface area (Å²) in [4.78, 5) is 21.2. The number of benzene rings is 1. The largest absolute Gasteiger partial charge is 0.481 e. The first-order chi connectivity index (χ1) is 15.6. The highest BCUT2D eigenvalue weighted by Crippen LogP contribution is 2.34. The molecule has 0 radical (unpaired) electrons. The molecule has 1 aliphatic carbocycles. The van der Waals surface area contributed by atoms with E-state index in [-0.39, 0.29) is 18.2 Å². The van der Waals surface area contributed by atoms with Crippen molar-refractivity contribution in [2.45, 2.75) is 31.2 Å². The number of hydrogen-bond donors (Lipinski definition) is 1. The Bertz CT molecular complexity index is 1330. The van der Waals surface area contributed by atoms with Gasteiger partial charge in [0.1, 0.15) is 17.0 Å². The summed E-state index contributed by atoms with van der Waals surface area (Å²) in [6, 6.07) is 11.9. The van der Waals surface area contributed by atoms with E-state index in [9.17, 15) is 4.79 Å². The number of ether oxygens (including phenoxy) is 1. The summed E-state index contributed by atoms with van der Waals surface area (Å²) in [5.41, 5.74) is 2.10. The third-order valence-electron chi connectivity index (χ3n) is 5.19. The predicted octanol–water partition coefficient (Wildman–Crippen LogP) is 3.06. The summed E-state index contributed by atoms with van der Waals surface area (Å²) in [7, 11) is 1.58. The maximum atomic E-state index is 12.1. The minimum Gasteiger partial charge on any atom is -0.481 e. The third kappa shape index (κ3) is 4.02. The normalized spacial score (nSPS) is 14.1. The summed E-state index contributed by atoms with van der Waals surface area (Å²) in [5, 5.41) is 20.6. The van der Waals surface area contributed by atoms with Crippen molar-refractivity contribution in [2.75, 3.05) is 7.11 Å². The van der Waals surface area contributed by atoms with Crippen LogP contribution in [0.2, 0.25) is 0 Å². The van der Waals surface area contributed by atoms with E-state index >= 15 is 0 Å². The molecule has 1 saturated carbocycles. The first-order valence-electron chi connectivity index (χ1n) is 10.00. The van der Waals surface area contributed by atoms with E-state index in [1.54, 1.807) is 24.6 Å². The number of fused-ring (bicyclic) bond motifs is 1. The average molecular weight is 446 g/mol. The molecular formula is C22H18N6O3S. The number of amides is 1. The van der Waals surface area contributed by atoms with Crippen LogP contribution in [0.25, 0.3) is 21.3 Å².